The number of carboxylic acids is 1. The molecule has 6 rings (SSSR count). The third-order valence-corrected chi connectivity index (χ3v) is 9.71. The standard InChI is InChI=1S/C32H37F3N10O4S/c1-3-37-31(49)40-25-13-20(29-39-24(17-50-29)32(33,34)35)22(14-38-25)19-12-21-26(46)23(30(47)48)16-45(11-10-43-8-6-42(2)7-9-43)28(21)41-27(19)44-5-4-18(36)15-44/h12-14,16-18H,3-11,15,36H2,1-2H3,(H,47,48)(H2,37,38,40,49)/t18-/m0/s1. The molecule has 5 N–H and O–H groups in total. The molecule has 50 heavy (non-hydrogen) atoms. The van der Waals surface area contributed by atoms with E-state index in [4.69, 9.17) is 10.7 Å². The molecule has 0 saturated carbocycles. The molecule has 2 fully saturated rings. The number of halogens is 3. The average molecular weight is 715 g/mol. The van der Waals surface area contributed by atoms with Gasteiger partial charge < -0.3 is 30.5 Å². The summed E-state index contributed by atoms with van der Waals surface area (Å²) in [5.41, 5.74) is 5.09. The number of thiazole rings is 1. The fraction of sp³-hybridized carbons (Fsp3) is 0.438. The number of carboxylic acid groups (broad SMARTS) is 1. The molecule has 0 spiro atoms. The first-order valence-electron chi connectivity index (χ1n) is 16.1. The number of carbonyl (C=O) groups is 2. The molecule has 266 valence electrons. The van der Waals surface area contributed by atoms with E-state index in [2.05, 4.69) is 37.4 Å². The van der Waals surface area contributed by atoms with Crippen LogP contribution in [0, 0.1) is 0 Å². The van der Waals surface area contributed by atoms with E-state index in [1.54, 1.807) is 11.5 Å². The van der Waals surface area contributed by atoms with Crippen molar-refractivity contribution in [1.82, 2.24) is 34.6 Å². The predicted molar refractivity (Wildman–Crippen MR) is 184 cm³/mol. The smallest absolute Gasteiger partial charge is 0.434 e. The number of piperazine rings is 1. The van der Waals surface area contributed by atoms with E-state index >= 15 is 0 Å². The van der Waals surface area contributed by atoms with Crippen molar-refractivity contribution in [1.29, 1.82) is 0 Å². The van der Waals surface area contributed by atoms with Crippen molar-refractivity contribution >= 4 is 46.0 Å². The Hall–Kier alpha value is -4.65. The number of amides is 2. The highest BCUT2D eigenvalue weighted by Crippen LogP contribution is 2.42. The van der Waals surface area contributed by atoms with Gasteiger partial charge in [-0.15, -0.1) is 11.3 Å². The minimum atomic E-state index is -4.70. The molecule has 6 heterocycles. The molecule has 1 atom stereocenters. The zero-order chi connectivity index (χ0) is 35.7. The van der Waals surface area contributed by atoms with Gasteiger partial charge in [0, 0.05) is 99.4 Å². The number of likely N-dealkylation sites (N-methyl/N-ethyl adjacent to an activating group) is 1. The van der Waals surface area contributed by atoms with Gasteiger partial charge in [0.2, 0.25) is 5.43 Å². The Kier molecular flexibility index (Phi) is 10.1. The second-order valence-corrected chi connectivity index (χ2v) is 13.2. The Morgan fingerprint density at radius 3 is 2.48 bits per heavy atom. The zero-order valence-corrected chi connectivity index (χ0v) is 28.3. The molecule has 2 saturated heterocycles. The van der Waals surface area contributed by atoms with E-state index in [9.17, 15) is 32.7 Å². The Bertz CT molecular complexity index is 1980. The van der Waals surface area contributed by atoms with Crippen LogP contribution in [0.15, 0.2) is 34.7 Å². The number of nitrogens with two attached hydrogens (primary N) is 1. The highest BCUT2D eigenvalue weighted by atomic mass is 32.1. The molecular weight excluding hydrogens is 677 g/mol. The van der Waals surface area contributed by atoms with Crippen molar-refractivity contribution in [3.8, 4) is 21.7 Å². The number of hydrogen-bond acceptors (Lipinski definition) is 11. The number of aromatic carboxylic acids is 1. The van der Waals surface area contributed by atoms with Gasteiger partial charge in [-0.2, -0.15) is 13.2 Å². The Morgan fingerprint density at radius 2 is 1.84 bits per heavy atom. The second kappa shape index (κ2) is 14.3. The molecule has 0 aliphatic carbocycles. The number of aromatic nitrogens is 4. The summed E-state index contributed by atoms with van der Waals surface area (Å²) in [6.07, 6.45) is -1.36. The van der Waals surface area contributed by atoms with Gasteiger partial charge in [-0.05, 0) is 32.5 Å². The van der Waals surface area contributed by atoms with Crippen LogP contribution in [0.25, 0.3) is 32.7 Å². The molecule has 0 bridgehead atoms. The maximum absolute atomic E-state index is 13.7. The van der Waals surface area contributed by atoms with Crippen LogP contribution in [0.3, 0.4) is 0 Å². The minimum Gasteiger partial charge on any atom is -0.477 e. The van der Waals surface area contributed by atoms with Crippen molar-refractivity contribution in [3.63, 3.8) is 0 Å². The summed E-state index contributed by atoms with van der Waals surface area (Å²) in [6, 6.07) is 2.20. The van der Waals surface area contributed by atoms with Crippen LogP contribution in [0.5, 0.6) is 0 Å². The number of alkyl halides is 3. The first kappa shape index (κ1) is 35.2. The van der Waals surface area contributed by atoms with E-state index in [0.29, 0.717) is 50.5 Å². The molecular formula is C32H37F3N10O4S. The summed E-state index contributed by atoms with van der Waals surface area (Å²) >= 11 is 0.758. The molecule has 0 radical (unpaired) electrons. The Morgan fingerprint density at radius 1 is 1.08 bits per heavy atom. The number of nitrogens with zero attached hydrogens (tertiary/aromatic N) is 7. The van der Waals surface area contributed by atoms with Gasteiger partial charge in [0.1, 0.15) is 27.9 Å². The first-order valence-corrected chi connectivity index (χ1v) is 17.0. The quantitative estimate of drug-likeness (QED) is 0.200. The van der Waals surface area contributed by atoms with Gasteiger partial charge in [0.15, 0.2) is 5.69 Å². The van der Waals surface area contributed by atoms with Gasteiger partial charge in [0.25, 0.3) is 0 Å². The van der Waals surface area contributed by atoms with E-state index in [-0.39, 0.29) is 39.0 Å². The van der Waals surface area contributed by atoms with Crippen LogP contribution in [-0.4, -0.2) is 112 Å². The normalized spacial score (nSPS) is 17.4. The van der Waals surface area contributed by atoms with Crippen molar-refractivity contribution in [2.24, 2.45) is 5.73 Å². The molecule has 4 aromatic heterocycles. The highest BCUT2D eigenvalue weighted by molar-refractivity contribution is 7.13. The molecule has 4 aromatic rings. The third-order valence-electron chi connectivity index (χ3n) is 8.83. The van der Waals surface area contributed by atoms with Crippen LogP contribution in [-0.2, 0) is 12.7 Å². The zero-order valence-electron chi connectivity index (χ0n) is 27.5. The fourth-order valence-electron chi connectivity index (χ4n) is 6.13. The van der Waals surface area contributed by atoms with Gasteiger partial charge in [0.05, 0.1) is 5.39 Å². The summed E-state index contributed by atoms with van der Waals surface area (Å²) in [6.45, 7) is 7.40. The monoisotopic (exact) mass is 714 g/mol. The number of anilines is 2. The van der Waals surface area contributed by atoms with Gasteiger partial charge >= 0.3 is 18.2 Å². The summed E-state index contributed by atoms with van der Waals surface area (Å²) in [4.78, 5) is 58.1. The first-order chi connectivity index (χ1) is 23.8. The van der Waals surface area contributed by atoms with Crippen LogP contribution < -0.4 is 26.7 Å². The topological polar surface area (TPSA) is 175 Å². The second-order valence-electron chi connectivity index (χ2n) is 12.4. The lowest BCUT2D eigenvalue weighted by atomic mass is 10.00. The van der Waals surface area contributed by atoms with Gasteiger partial charge in [-0.1, -0.05) is 0 Å². The number of rotatable bonds is 9. The molecule has 2 amide bonds. The van der Waals surface area contributed by atoms with Crippen molar-refractivity contribution in [3.05, 3.63) is 51.4 Å². The van der Waals surface area contributed by atoms with Crippen LogP contribution in [0.4, 0.5) is 29.6 Å². The van der Waals surface area contributed by atoms with Crippen molar-refractivity contribution in [2.75, 3.05) is 69.6 Å². The largest absolute Gasteiger partial charge is 0.477 e. The van der Waals surface area contributed by atoms with Crippen LogP contribution in [0.1, 0.15) is 29.4 Å². The molecule has 14 nitrogen and oxygen atoms in total. The lowest BCUT2D eigenvalue weighted by Crippen LogP contribution is -2.45. The summed E-state index contributed by atoms with van der Waals surface area (Å²) in [5, 5.41) is 16.1. The number of fused-ring (bicyclic) bond motifs is 1. The van der Waals surface area contributed by atoms with Gasteiger partial charge in [-0.3, -0.25) is 15.0 Å². The maximum Gasteiger partial charge on any atom is 0.434 e. The Labute approximate surface area is 288 Å². The fourth-order valence-corrected chi connectivity index (χ4v) is 6.98. The minimum absolute atomic E-state index is 0.0123. The molecule has 2 aliphatic rings. The number of carbonyl (C=O) groups excluding carboxylic acids is 1. The summed E-state index contributed by atoms with van der Waals surface area (Å²) in [5.74, 6) is -0.940. The highest BCUT2D eigenvalue weighted by Gasteiger charge is 2.35. The van der Waals surface area contributed by atoms with Gasteiger partial charge in [-0.25, -0.2) is 24.5 Å². The lowest BCUT2D eigenvalue weighted by Gasteiger charge is -2.32. The van der Waals surface area contributed by atoms with E-state index < -0.39 is 34.9 Å². The summed E-state index contributed by atoms with van der Waals surface area (Å²) < 4.78 is 42.7. The third kappa shape index (κ3) is 7.42. The predicted octanol–water partition coefficient (Wildman–Crippen LogP) is 3.23. The molecule has 0 aromatic carbocycles. The van der Waals surface area contributed by atoms with E-state index in [1.807, 2.05) is 4.90 Å². The average Bonchev–Trinajstić information content (AvgIpc) is 3.75. The van der Waals surface area contributed by atoms with Crippen molar-refractivity contribution < 1.29 is 27.9 Å². The summed E-state index contributed by atoms with van der Waals surface area (Å²) in [7, 11) is 2.05. The van der Waals surface area contributed by atoms with E-state index in [0.717, 1.165) is 42.9 Å². The van der Waals surface area contributed by atoms with Crippen LogP contribution >= 0.6 is 11.3 Å². The van der Waals surface area contributed by atoms with Crippen molar-refractivity contribution in [2.45, 2.75) is 32.1 Å². The molecule has 18 heteroatoms. The Balaban J connectivity index is 1.55. The molecule has 2 aliphatic heterocycles. The molecule has 0 unspecified atom stereocenters. The number of hydrogen-bond donors (Lipinski definition) is 4. The lowest BCUT2D eigenvalue weighted by molar-refractivity contribution is -0.140. The number of urea groups is 1. The SMILES string of the molecule is CCNC(=O)Nc1cc(-c2nc(C(F)(F)F)cs2)c(-c2cc3c(=O)c(C(=O)O)cn(CCN4CCN(C)CC4)c3nc2N2CC[C@H](N)C2)cn1. The maximum atomic E-state index is 13.7. The van der Waals surface area contributed by atoms with E-state index in [1.165, 1.54) is 24.5 Å². The van der Waals surface area contributed by atoms with Crippen LogP contribution in [0.2, 0.25) is 0 Å². The number of nitrogens with one attached hydrogen (secondary N) is 2. The number of pyridine rings is 3.